The van der Waals surface area contributed by atoms with E-state index in [0.717, 1.165) is 17.5 Å². The molecule has 0 saturated heterocycles. The Morgan fingerprint density at radius 3 is 2.96 bits per heavy atom. The Balaban J connectivity index is 1.55. The van der Waals surface area contributed by atoms with E-state index in [1.807, 2.05) is 32.0 Å². The monoisotopic (exact) mass is 381 g/mol. The van der Waals surface area contributed by atoms with Gasteiger partial charge in [0.25, 0.3) is 11.8 Å². The van der Waals surface area contributed by atoms with Gasteiger partial charge in [-0.25, -0.2) is 0 Å². The van der Waals surface area contributed by atoms with Gasteiger partial charge in [0.15, 0.2) is 0 Å². The van der Waals surface area contributed by atoms with Crippen molar-refractivity contribution < 1.29 is 19.1 Å². The highest BCUT2D eigenvalue weighted by Gasteiger charge is 2.36. The predicted octanol–water partition coefficient (Wildman–Crippen LogP) is 2.39. The minimum absolute atomic E-state index is 0.0622. The molecule has 0 aliphatic carbocycles. The van der Waals surface area contributed by atoms with Gasteiger partial charge >= 0.3 is 0 Å². The number of hydrogen-bond donors (Lipinski definition) is 1. The number of rotatable bonds is 3. The number of pyridine rings is 1. The summed E-state index contributed by atoms with van der Waals surface area (Å²) >= 11 is 0. The van der Waals surface area contributed by atoms with Crippen molar-refractivity contribution >= 4 is 17.5 Å². The van der Waals surface area contributed by atoms with Crippen LogP contribution in [0.3, 0.4) is 0 Å². The van der Waals surface area contributed by atoms with E-state index in [0.29, 0.717) is 18.0 Å². The maximum atomic E-state index is 12.8. The average Bonchev–Trinajstić information content (AvgIpc) is 3.01. The second-order valence-corrected chi connectivity index (χ2v) is 7.30. The summed E-state index contributed by atoms with van der Waals surface area (Å²) in [4.78, 5) is 31.4. The Hall–Kier alpha value is -2.93. The van der Waals surface area contributed by atoms with E-state index in [9.17, 15) is 9.59 Å². The van der Waals surface area contributed by atoms with Crippen molar-refractivity contribution in [3.8, 4) is 5.75 Å². The molecule has 1 N–H and O–H groups in total. The molecular weight excluding hydrogens is 358 g/mol. The molecular formula is C21H23N3O4. The van der Waals surface area contributed by atoms with Crippen LogP contribution in [0.2, 0.25) is 0 Å². The lowest BCUT2D eigenvalue weighted by Gasteiger charge is -2.23. The van der Waals surface area contributed by atoms with Gasteiger partial charge in [-0.1, -0.05) is 19.1 Å². The zero-order valence-electron chi connectivity index (χ0n) is 16.2. The van der Waals surface area contributed by atoms with Crippen LogP contribution in [0.15, 0.2) is 36.5 Å². The quantitative estimate of drug-likeness (QED) is 0.883. The fraction of sp³-hybridized carbons (Fsp3) is 0.381. The van der Waals surface area contributed by atoms with Gasteiger partial charge in [-0.15, -0.1) is 0 Å². The Morgan fingerprint density at radius 2 is 2.18 bits per heavy atom. The number of benzene rings is 1. The maximum Gasteiger partial charge on any atom is 0.270 e. The Labute approximate surface area is 163 Å². The number of aromatic nitrogens is 1. The molecule has 2 aromatic rings. The molecule has 7 nitrogen and oxygen atoms in total. The van der Waals surface area contributed by atoms with Gasteiger partial charge in [-0.3, -0.25) is 14.6 Å². The fourth-order valence-electron chi connectivity index (χ4n) is 3.61. The molecule has 2 amide bonds. The lowest BCUT2D eigenvalue weighted by molar-refractivity contribution is -0.120. The Kier molecular flexibility index (Phi) is 4.55. The van der Waals surface area contributed by atoms with E-state index in [1.54, 1.807) is 25.4 Å². The van der Waals surface area contributed by atoms with E-state index >= 15 is 0 Å². The van der Waals surface area contributed by atoms with Crippen LogP contribution in [0.25, 0.3) is 0 Å². The Morgan fingerprint density at radius 1 is 1.39 bits per heavy atom. The van der Waals surface area contributed by atoms with Crippen LogP contribution in [-0.2, 0) is 21.7 Å². The molecule has 1 aromatic heterocycles. The van der Waals surface area contributed by atoms with Crippen LogP contribution in [0.1, 0.15) is 41.9 Å². The summed E-state index contributed by atoms with van der Waals surface area (Å²) in [5.74, 6) is -0.0303. The highest BCUT2D eigenvalue weighted by Crippen LogP contribution is 2.38. The van der Waals surface area contributed by atoms with E-state index in [4.69, 9.17) is 9.47 Å². The normalized spacial score (nSPS) is 23.5. The van der Waals surface area contributed by atoms with Crippen LogP contribution in [0.4, 0.5) is 5.69 Å². The number of fused-ring (bicyclic) bond motifs is 2. The highest BCUT2D eigenvalue weighted by molar-refractivity contribution is 6.02. The largest absolute Gasteiger partial charge is 0.489 e. The number of likely N-dealkylation sites (N-methyl/N-ethyl adjacent to an activating group) is 1. The topological polar surface area (TPSA) is 80.8 Å². The van der Waals surface area contributed by atoms with Crippen LogP contribution in [-0.4, -0.2) is 36.5 Å². The number of nitrogens with zero attached hydrogens (tertiary/aromatic N) is 2. The molecule has 0 bridgehead atoms. The smallest absolute Gasteiger partial charge is 0.270 e. The molecule has 146 valence electrons. The molecule has 3 heterocycles. The van der Waals surface area contributed by atoms with Crippen molar-refractivity contribution in [2.45, 2.75) is 38.5 Å². The van der Waals surface area contributed by atoms with Crippen molar-refractivity contribution in [3.05, 3.63) is 53.3 Å². The standard InChI is InChI=1S/C21H23N3O4/c1-4-21(2)14-9-15(22-10-13(14)11-28-21)19(25)23-16-12-27-18-8-6-5-7-17(18)24(3)20(16)26/h5-10,16H,4,11-12H2,1-3H3,(H,23,25)/t16-,21?/m0/s1. The van der Waals surface area contributed by atoms with Crippen molar-refractivity contribution in [2.75, 3.05) is 18.6 Å². The Bertz CT molecular complexity index is 945. The lowest BCUT2D eigenvalue weighted by atomic mass is 9.92. The van der Waals surface area contributed by atoms with Gasteiger partial charge < -0.3 is 19.7 Å². The number of anilines is 1. The first-order chi connectivity index (χ1) is 13.4. The van der Waals surface area contributed by atoms with Crippen molar-refractivity contribution in [1.82, 2.24) is 10.3 Å². The molecule has 2 atom stereocenters. The van der Waals surface area contributed by atoms with E-state index in [-0.39, 0.29) is 18.2 Å². The summed E-state index contributed by atoms with van der Waals surface area (Å²) in [6, 6.07) is 8.27. The molecule has 2 aliphatic heterocycles. The summed E-state index contributed by atoms with van der Waals surface area (Å²) in [5.41, 5.74) is 2.49. The van der Waals surface area contributed by atoms with Crippen LogP contribution in [0.5, 0.6) is 5.75 Å². The van der Waals surface area contributed by atoms with Crippen molar-refractivity contribution in [1.29, 1.82) is 0 Å². The number of ether oxygens (including phenoxy) is 2. The summed E-state index contributed by atoms with van der Waals surface area (Å²) < 4.78 is 11.6. The van der Waals surface area contributed by atoms with Gasteiger partial charge in [0.2, 0.25) is 0 Å². The molecule has 2 aliphatic rings. The van der Waals surface area contributed by atoms with Crippen molar-refractivity contribution in [3.63, 3.8) is 0 Å². The minimum Gasteiger partial charge on any atom is -0.489 e. The molecule has 7 heteroatoms. The SMILES string of the molecule is CCC1(C)OCc2cnc(C(=O)N[C@H]3COc4ccccc4N(C)C3=O)cc21. The van der Waals surface area contributed by atoms with Crippen LogP contribution in [0, 0.1) is 0 Å². The zero-order chi connectivity index (χ0) is 19.9. The number of carbonyl (C=O) groups is 2. The molecule has 0 radical (unpaired) electrons. The zero-order valence-corrected chi connectivity index (χ0v) is 16.2. The van der Waals surface area contributed by atoms with E-state index in [1.165, 1.54) is 4.90 Å². The van der Waals surface area contributed by atoms with Crippen molar-refractivity contribution in [2.24, 2.45) is 0 Å². The van der Waals surface area contributed by atoms with E-state index < -0.39 is 17.6 Å². The fourth-order valence-corrected chi connectivity index (χ4v) is 3.61. The first kappa shape index (κ1) is 18.4. The summed E-state index contributed by atoms with van der Waals surface area (Å²) in [6.07, 6.45) is 2.47. The third kappa shape index (κ3) is 3.01. The third-order valence-electron chi connectivity index (χ3n) is 5.58. The lowest BCUT2D eigenvalue weighted by Crippen LogP contribution is -2.49. The maximum absolute atomic E-state index is 12.8. The summed E-state index contributed by atoms with van der Waals surface area (Å²) in [6.45, 7) is 4.61. The number of hydrogen-bond acceptors (Lipinski definition) is 5. The number of carbonyl (C=O) groups excluding carboxylic acids is 2. The van der Waals surface area contributed by atoms with Gasteiger partial charge in [0.05, 0.1) is 17.9 Å². The second kappa shape index (κ2) is 6.91. The molecule has 0 saturated carbocycles. The predicted molar refractivity (Wildman–Crippen MR) is 103 cm³/mol. The summed E-state index contributed by atoms with van der Waals surface area (Å²) in [7, 11) is 1.67. The molecule has 1 aromatic carbocycles. The molecule has 0 spiro atoms. The highest BCUT2D eigenvalue weighted by atomic mass is 16.5. The molecule has 1 unspecified atom stereocenters. The first-order valence-corrected chi connectivity index (χ1v) is 9.36. The minimum atomic E-state index is -0.797. The number of amides is 2. The van der Waals surface area contributed by atoms with Gasteiger partial charge in [-0.2, -0.15) is 0 Å². The van der Waals surface area contributed by atoms with Crippen LogP contribution < -0.4 is 15.0 Å². The van der Waals surface area contributed by atoms with E-state index in [2.05, 4.69) is 10.3 Å². The molecule has 4 rings (SSSR count). The molecule has 28 heavy (non-hydrogen) atoms. The van der Waals surface area contributed by atoms with Gasteiger partial charge in [0.1, 0.15) is 24.1 Å². The number of nitrogens with one attached hydrogen (secondary N) is 1. The second-order valence-electron chi connectivity index (χ2n) is 7.30. The van der Waals surface area contributed by atoms with Gasteiger partial charge in [0, 0.05) is 18.8 Å². The molecule has 0 fully saturated rings. The summed E-state index contributed by atoms with van der Waals surface area (Å²) in [5, 5.41) is 2.77. The number of para-hydroxylation sites is 2. The van der Waals surface area contributed by atoms with Crippen LogP contribution >= 0.6 is 0 Å². The average molecular weight is 381 g/mol. The first-order valence-electron chi connectivity index (χ1n) is 9.36. The third-order valence-corrected chi connectivity index (χ3v) is 5.58. The van der Waals surface area contributed by atoms with Gasteiger partial charge in [-0.05, 0) is 37.1 Å².